The van der Waals surface area contributed by atoms with Crippen molar-refractivity contribution in [2.45, 2.75) is 48.8 Å². The number of piperidine rings is 1. The fourth-order valence-electron chi connectivity index (χ4n) is 5.29. The minimum Gasteiger partial charge on any atom is -0.378 e. The van der Waals surface area contributed by atoms with Gasteiger partial charge in [-0.25, -0.2) is 15.0 Å². The van der Waals surface area contributed by atoms with Gasteiger partial charge in [0.05, 0.1) is 59.6 Å². The van der Waals surface area contributed by atoms with Crippen LogP contribution in [-0.2, 0) is 11.3 Å². The molecule has 2 saturated heterocycles. The molecule has 37 heavy (non-hydrogen) atoms. The Morgan fingerprint density at radius 2 is 1.97 bits per heavy atom. The smallest absolute Gasteiger partial charge is 0.263 e. The molecule has 0 saturated carbocycles. The summed E-state index contributed by atoms with van der Waals surface area (Å²) in [6.07, 6.45) is 10.6. The minimum absolute atomic E-state index is 0.200. The van der Waals surface area contributed by atoms with Crippen molar-refractivity contribution >= 4 is 40.1 Å². The molecule has 5 heterocycles. The van der Waals surface area contributed by atoms with E-state index in [0.29, 0.717) is 39.0 Å². The molecule has 2 fully saturated rings. The second-order valence-corrected chi connectivity index (χ2v) is 11.3. The summed E-state index contributed by atoms with van der Waals surface area (Å²) in [7, 11) is 0. The van der Waals surface area contributed by atoms with Gasteiger partial charge in [-0.3, -0.25) is 14.3 Å². The first-order valence-corrected chi connectivity index (χ1v) is 13.6. The van der Waals surface area contributed by atoms with E-state index in [-0.39, 0.29) is 5.56 Å². The van der Waals surface area contributed by atoms with Crippen molar-refractivity contribution in [1.82, 2.24) is 24.5 Å². The number of aromatic nitrogens is 5. The molecule has 0 N–H and O–H groups in total. The number of halogens is 1. The molecule has 1 aromatic carbocycles. The normalized spacial score (nSPS) is 19.1. The van der Waals surface area contributed by atoms with Gasteiger partial charge >= 0.3 is 0 Å². The van der Waals surface area contributed by atoms with E-state index in [2.05, 4.69) is 31.8 Å². The Balaban J connectivity index is 1.18. The lowest BCUT2D eigenvalue weighted by Gasteiger charge is -2.38. The first kappa shape index (κ1) is 24.3. The highest BCUT2D eigenvalue weighted by molar-refractivity contribution is 7.99. The van der Waals surface area contributed by atoms with Gasteiger partial charge in [-0.15, -0.1) is 0 Å². The molecule has 0 bridgehead atoms. The highest BCUT2D eigenvalue weighted by Gasteiger charge is 2.41. The number of pyridine rings is 1. The molecule has 3 aromatic heterocycles. The third kappa shape index (κ3) is 4.95. The molecule has 4 aromatic rings. The standard InChI is InChI=1S/C27H27ClN6O2S/c1-18-12-27(16-36-18)7-10-33(11-8-27)22-13-31-23(14-30-22)37-21-6-5-20-24(25(21)28)26(35)34(17-32-20)15-19-4-2-3-9-29-19/h2-6,9,13-14,17-18H,7-8,10-12,15-16H2,1H3/t18-/m0/s1. The van der Waals surface area contributed by atoms with Crippen molar-refractivity contribution in [3.8, 4) is 0 Å². The van der Waals surface area contributed by atoms with E-state index in [4.69, 9.17) is 16.3 Å². The summed E-state index contributed by atoms with van der Waals surface area (Å²) in [5.74, 6) is 0.886. The van der Waals surface area contributed by atoms with Gasteiger partial charge in [-0.05, 0) is 55.9 Å². The van der Waals surface area contributed by atoms with E-state index in [9.17, 15) is 4.79 Å². The maximum atomic E-state index is 13.2. The highest BCUT2D eigenvalue weighted by Crippen LogP contribution is 2.42. The predicted octanol–water partition coefficient (Wildman–Crippen LogP) is 4.83. The van der Waals surface area contributed by atoms with Crippen molar-refractivity contribution in [2.24, 2.45) is 5.41 Å². The van der Waals surface area contributed by atoms with Gasteiger partial charge in [0, 0.05) is 24.2 Å². The molecule has 0 unspecified atom stereocenters. The molecule has 1 spiro atoms. The zero-order valence-corrected chi connectivity index (χ0v) is 22.1. The van der Waals surface area contributed by atoms with E-state index >= 15 is 0 Å². The molecule has 1 atom stereocenters. The van der Waals surface area contributed by atoms with Crippen LogP contribution in [0.3, 0.4) is 0 Å². The molecule has 10 heteroatoms. The molecule has 0 aliphatic carbocycles. The molecule has 0 radical (unpaired) electrons. The quantitative estimate of drug-likeness (QED) is 0.360. The maximum absolute atomic E-state index is 13.2. The van der Waals surface area contributed by atoms with Crippen molar-refractivity contribution in [3.05, 3.63) is 76.3 Å². The number of fused-ring (bicyclic) bond motifs is 1. The monoisotopic (exact) mass is 534 g/mol. The van der Waals surface area contributed by atoms with Crippen molar-refractivity contribution in [1.29, 1.82) is 0 Å². The first-order chi connectivity index (χ1) is 18.0. The fourth-order valence-corrected chi connectivity index (χ4v) is 6.41. The third-order valence-corrected chi connectivity index (χ3v) is 8.81. The summed E-state index contributed by atoms with van der Waals surface area (Å²) < 4.78 is 7.38. The minimum atomic E-state index is -0.200. The molecule has 2 aliphatic heterocycles. The maximum Gasteiger partial charge on any atom is 0.263 e. The Kier molecular flexibility index (Phi) is 6.60. The van der Waals surface area contributed by atoms with E-state index in [1.165, 1.54) is 22.7 Å². The topological polar surface area (TPSA) is 86.0 Å². The Morgan fingerprint density at radius 1 is 1.11 bits per heavy atom. The zero-order chi connectivity index (χ0) is 25.4. The van der Waals surface area contributed by atoms with E-state index < -0.39 is 0 Å². The van der Waals surface area contributed by atoms with E-state index in [1.54, 1.807) is 12.4 Å². The van der Waals surface area contributed by atoms with Crippen LogP contribution in [0.1, 0.15) is 31.9 Å². The van der Waals surface area contributed by atoms with Crippen LogP contribution in [0.25, 0.3) is 10.9 Å². The van der Waals surface area contributed by atoms with Gasteiger partial charge in [0.1, 0.15) is 10.8 Å². The summed E-state index contributed by atoms with van der Waals surface area (Å²) in [4.78, 5) is 34.3. The largest absolute Gasteiger partial charge is 0.378 e. The summed E-state index contributed by atoms with van der Waals surface area (Å²) in [5, 5.41) is 1.48. The van der Waals surface area contributed by atoms with Crippen LogP contribution in [-0.4, -0.2) is 50.3 Å². The van der Waals surface area contributed by atoms with Crippen LogP contribution in [0.5, 0.6) is 0 Å². The van der Waals surface area contributed by atoms with Gasteiger partial charge < -0.3 is 9.64 Å². The molecular formula is C27H27ClN6O2S. The number of rotatable bonds is 5. The molecular weight excluding hydrogens is 508 g/mol. The summed E-state index contributed by atoms with van der Waals surface area (Å²) in [6, 6.07) is 9.29. The van der Waals surface area contributed by atoms with Crippen LogP contribution in [0.15, 0.2) is 70.0 Å². The number of hydrogen-bond acceptors (Lipinski definition) is 8. The fraction of sp³-hybridized carbons (Fsp3) is 0.370. The third-order valence-electron chi connectivity index (χ3n) is 7.33. The van der Waals surface area contributed by atoms with Gasteiger partial charge in [0.25, 0.3) is 5.56 Å². The number of anilines is 1. The molecule has 190 valence electrons. The Morgan fingerprint density at radius 3 is 2.68 bits per heavy atom. The van der Waals surface area contributed by atoms with Gasteiger partial charge in [-0.2, -0.15) is 0 Å². The average molecular weight is 535 g/mol. The number of benzene rings is 1. The summed E-state index contributed by atoms with van der Waals surface area (Å²) in [6.45, 7) is 5.29. The van der Waals surface area contributed by atoms with Crippen LogP contribution < -0.4 is 10.5 Å². The van der Waals surface area contributed by atoms with Crippen LogP contribution in [0.4, 0.5) is 5.82 Å². The number of hydrogen-bond donors (Lipinski definition) is 0. The summed E-state index contributed by atoms with van der Waals surface area (Å²) >= 11 is 8.13. The lowest BCUT2D eigenvalue weighted by molar-refractivity contribution is 0.0976. The van der Waals surface area contributed by atoms with E-state index in [0.717, 1.165) is 55.4 Å². The van der Waals surface area contributed by atoms with E-state index in [1.807, 2.05) is 36.5 Å². The SMILES string of the molecule is C[C@H]1CC2(CCN(c3cnc(Sc4ccc5ncn(Cc6ccccn6)c(=O)c5c4Cl)cn3)CC2)CO1. The molecule has 6 rings (SSSR count). The Labute approximate surface area is 224 Å². The van der Waals surface area contributed by atoms with Crippen LogP contribution in [0, 0.1) is 5.41 Å². The van der Waals surface area contributed by atoms with Crippen molar-refractivity contribution in [2.75, 3.05) is 24.6 Å². The predicted molar refractivity (Wildman–Crippen MR) is 144 cm³/mol. The Bertz CT molecular complexity index is 1470. The first-order valence-electron chi connectivity index (χ1n) is 12.4. The van der Waals surface area contributed by atoms with Crippen LogP contribution >= 0.6 is 23.4 Å². The van der Waals surface area contributed by atoms with Crippen LogP contribution in [0.2, 0.25) is 5.02 Å². The average Bonchev–Trinajstić information content (AvgIpc) is 3.28. The van der Waals surface area contributed by atoms with Gasteiger partial charge in [0.15, 0.2) is 0 Å². The summed E-state index contributed by atoms with van der Waals surface area (Å²) in [5.41, 5.74) is 1.46. The number of ether oxygens (including phenoxy) is 1. The van der Waals surface area contributed by atoms with Gasteiger partial charge in [-0.1, -0.05) is 29.4 Å². The second-order valence-electron chi connectivity index (χ2n) is 9.90. The van der Waals surface area contributed by atoms with Gasteiger partial charge in [0.2, 0.25) is 0 Å². The van der Waals surface area contributed by atoms with Crippen molar-refractivity contribution < 1.29 is 4.74 Å². The highest BCUT2D eigenvalue weighted by atomic mass is 35.5. The second kappa shape index (κ2) is 10.0. The molecule has 0 amide bonds. The Hall–Kier alpha value is -3.01. The zero-order valence-electron chi connectivity index (χ0n) is 20.5. The lowest BCUT2D eigenvalue weighted by Crippen LogP contribution is -2.41. The molecule has 8 nitrogen and oxygen atoms in total. The number of nitrogens with zero attached hydrogens (tertiary/aromatic N) is 6. The lowest BCUT2D eigenvalue weighted by atomic mass is 9.77. The molecule has 2 aliphatic rings. The van der Waals surface area contributed by atoms with Crippen molar-refractivity contribution in [3.63, 3.8) is 0 Å².